The average molecular weight is 475 g/mol. The van der Waals surface area contributed by atoms with Crippen LogP contribution in [0.1, 0.15) is 16.0 Å². The molecule has 31 heavy (non-hydrogen) atoms. The summed E-state index contributed by atoms with van der Waals surface area (Å²) in [6, 6.07) is 12.2. The molecule has 7 nitrogen and oxygen atoms in total. The van der Waals surface area contributed by atoms with Crippen molar-refractivity contribution < 1.29 is 35.6 Å². The number of thiazole rings is 1. The number of H-pyrrole nitrogens is 1. The van der Waals surface area contributed by atoms with Crippen molar-refractivity contribution in [1.29, 1.82) is 0 Å². The summed E-state index contributed by atoms with van der Waals surface area (Å²) in [5.74, 6) is 0.0188. The molecule has 0 atom stereocenters. The van der Waals surface area contributed by atoms with Crippen LogP contribution in [0.4, 0.5) is 13.2 Å². The molecule has 0 fully saturated rings. The number of halogens is 3. The van der Waals surface area contributed by atoms with Gasteiger partial charge in [0, 0.05) is 12.8 Å². The minimum Gasteiger partial charge on any atom is -0.494 e. The molecular formula is C19H16F3NO6S2. The standard InChI is InChI=1S/C19H16F3NO6S2/c20-19(21,22)31(26,27)29-15-7-1-12(2-8-15)9-10-28-14-5-3-13(4-6-14)11-16-17(24)23-18(25)30-16/h1-8,24H,9-11H2,(H,23,25). The summed E-state index contributed by atoms with van der Waals surface area (Å²) >= 11 is 0.940. The van der Waals surface area contributed by atoms with Gasteiger partial charge >= 0.3 is 20.5 Å². The van der Waals surface area contributed by atoms with Crippen molar-refractivity contribution in [2.75, 3.05) is 6.61 Å². The van der Waals surface area contributed by atoms with E-state index in [1.54, 1.807) is 24.3 Å². The van der Waals surface area contributed by atoms with Gasteiger partial charge in [0.15, 0.2) is 0 Å². The van der Waals surface area contributed by atoms with Crippen molar-refractivity contribution in [1.82, 2.24) is 4.98 Å². The van der Waals surface area contributed by atoms with Crippen LogP contribution in [0.25, 0.3) is 0 Å². The van der Waals surface area contributed by atoms with Gasteiger partial charge in [-0.15, -0.1) is 0 Å². The van der Waals surface area contributed by atoms with Crippen molar-refractivity contribution in [3.05, 3.63) is 74.2 Å². The van der Waals surface area contributed by atoms with E-state index < -0.39 is 21.4 Å². The zero-order valence-corrected chi connectivity index (χ0v) is 17.3. The van der Waals surface area contributed by atoms with E-state index in [4.69, 9.17) is 4.74 Å². The van der Waals surface area contributed by atoms with Crippen molar-refractivity contribution >= 4 is 21.5 Å². The molecule has 0 aliphatic rings. The summed E-state index contributed by atoms with van der Waals surface area (Å²) in [7, 11) is -5.70. The quantitative estimate of drug-likeness (QED) is 0.381. The van der Waals surface area contributed by atoms with Crippen molar-refractivity contribution in [3.63, 3.8) is 0 Å². The van der Waals surface area contributed by atoms with Gasteiger partial charge in [0.2, 0.25) is 5.88 Å². The topological polar surface area (TPSA) is 106 Å². The maximum Gasteiger partial charge on any atom is 0.534 e. The Morgan fingerprint density at radius 3 is 2.10 bits per heavy atom. The lowest BCUT2D eigenvalue weighted by Crippen LogP contribution is -2.28. The molecule has 0 unspecified atom stereocenters. The maximum absolute atomic E-state index is 12.3. The Morgan fingerprint density at radius 1 is 0.968 bits per heavy atom. The second-order valence-electron chi connectivity index (χ2n) is 6.33. The van der Waals surface area contributed by atoms with Crippen LogP contribution < -0.4 is 13.8 Å². The second-order valence-corrected chi connectivity index (χ2v) is 8.94. The number of aromatic amines is 1. The summed E-state index contributed by atoms with van der Waals surface area (Å²) in [5.41, 5.74) is -3.90. The number of aromatic hydroxyl groups is 1. The SMILES string of the molecule is O=c1[nH]c(O)c(Cc2ccc(OCCc3ccc(OS(=O)(=O)C(F)(F)F)cc3)cc2)s1. The fraction of sp³-hybridized carbons (Fsp3) is 0.211. The lowest BCUT2D eigenvalue weighted by molar-refractivity contribution is -0.0500. The first-order valence-electron chi connectivity index (χ1n) is 8.76. The highest BCUT2D eigenvalue weighted by molar-refractivity contribution is 7.88. The highest BCUT2D eigenvalue weighted by atomic mass is 32.2. The summed E-state index contributed by atoms with van der Waals surface area (Å²) in [6.45, 7) is 0.278. The highest BCUT2D eigenvalue weighted by Crippen LogP contribution is 2.27. The van der Waals surface area contributed by atoms with Crippen LogP contribution >= 0.6 is 11.3 Å². The molecule has 0 spiro atoms. The van der Waals surface area contributed by atoms with E-state index in [2.05, 4.69) is 9.17 Å². The molecule has 0 saturated heterocycles. The van der Waals surface area contributed by atoms with Crippen LogP contribution in [-0.4, -0.2) is 30.6 Å². The van der Waals surface area contributed by atoms with Gasteiger partial charge in [-0.2, -0.15) is 21.6 Å². The molecule has 0 bridgehead atoms. The predicted molar refractivity (Wildman–Crippen MR) is 107 cm³/mol. The number of hydrogen-bond donors (Lipinski definition) is 2. The maximum atomic E-state index is 12.3. The van der Waals surface area contributed by atoms with Crippen molar-refractivity contribution in [3.8, 4) is 17.4 Å². The molecule has 12 heteroatoms. The van der Waals surface area contributed by atoms with Crippen LogP contribution in [-0.2, 0) is 23.0 Å². The van der Waals surface area contributed by atoms with Crippen LogP contribution in [0.5, 0.6) is 17.4 Å². The third-order valence-electron chi connectivity index (χ3n) is 4.06. The molecule has 0 saturated carbocycles. The Kier molecular flexibility index (Phi) is 6.60. The first-order valence-corrected chi connectivity index (χ1v) is 11.0. The minimum atomic E-state index is -5.70. The molecule has 3 rings (SSSR count). The highest BCUT2D eigenvalue weighted by Gasteiger charge is 2.48. The zero-order chi connectivity index (χ0) is 22.6. The fourth-order valence-corrected chi connectivity index (χ4v) is 3.75. The first-order chi connectivity index (χ1) is 14.5. The van der Waals surface area contributed by atoms with Crippen LogP contribution in [0.3, 0.4) is 0 Å². The van der Waals surface area contributed by atoms with Gasteiger partial charge in [0.25, 0.3) is 0 Å². The molecule has 0 aliphatic carbocycles. The molecule has 1 aromatic heterocycles. The second kappa shape index (κ2) is 9.02. The van der Waals surface area contributed by atoms with Gasteiger partial charge in [-0.1, -0.05) is 35.6 Å². The number of nitrogens with one attached hydrogen (secondary N) is 1. The van der Waals surface area contributed by atoms with Crippen molar-refractivity contribution in [2.45, 2.75) is 18.3 Å². The van der Waals surface area contributed by atoms with Gasteiger partial charge in [0.1, 0.15) is 11.5 Å². The lowest BCUT2D eigenvalue weighted by Gasteiger charge is -2.10. The molecule has 0 radical (unpaired) electrons. The van der Waals surface area contributed by atoms with Crippen molar-refractivity contribution in [2.24, 2.45) is 0 Å². The number of hydrogen-bond acceptors (Lipinski definition) is 7. The smallest absolute Gasteiger partial charge is 0.494 e. The van der Waals surface area contributed by atoms with Gasteiger partial charge in [-0.25, -0.2) is 0 Å². The van der Waals surface area contributed by atoms with E-state index in [0.717, 1.165) is 29.0 Å². The zero-order valence-electron chi connectivity index (χ0n) is 15.7. The van der Waals surface area contributed by atoms with Gasteiger partial charge in [-0.05, 0) is 35.4 Å². The third-order valence-corrected chi connectivity index (χ3v) is 5.91. The van der Waals surface area contributed by atoms with Crippen LogP contribution in [0, 0.1) is 0 Å². The van der Waals surface area contributed by atoms with Crippen LogP contribution in [0.15, 0.2) is 53.3 Å². The van der Waals surface area contributed by atoms with E-state index >= 15 is 0 Å². The summed E-state index contributed by atoms with van der Waals surface area (Å²) in [5, 5.41) is 9.62. The predicted octanol–water partition coefficient (Wildman–Crippen LogP) is 3.58. The Bertz CT molecular complexity index is 1180. The molecule has 1 heterocycles. The van der Waals surface area contributed by atoms with Gasteiger partial charge in [0.05, 0.1) is 11.5 Å². The normalized spacial score (nSPS) is 12.0. The molecule has 2 N–H and O–H groups in total. The lowest BCUT2D eigenvalue weighted by atomic mass is 10.1. The van der Waals surface area contributed by atoms with E-state index in [9.17, 15) is 31.5 Å². The molecular weight excluding hydrogens is 459 g/mol. The minimum absolute atomic E-state index is 0.136. The Labute approximate surface area is 178 Å². The Hall–Kier alpha value is -2.99. The largest absolute Gasteiger partial charge is 0.534 e. The molecule has 166 valence electrons. The monoisotopic (exact) mass is 475 g/mol. The number of rotatable bonds is 8. The van der Waals surface area contributed by atoms with Gasteiger partial charge < -0.3 is 14.0 Å². The summed E-state index contributed by atoms with van der Waals surface area (Å²) in [4.78, 5) is 13.7. The number of benzene rings is 2. The molecule has 3 aromatic rings. The van der Waals surface area contributed by atoms with E-state index in [-0.39, 0.29) is 17.4 Å². The van der Waals surface area contributed by atoms with E-state index in [0.29, 0.717) is 29.0 Å². The summed E-state index contributed by atoms with van der Waals surface area (Å²) < 4.78 is 68.6. The van der Waals surface area contributed by atoms with Crippen LogP contribution in [0.2, 0.25) is 0 Å². The molecule has 0 aliphatic heterocycles. The average Bonchev–Trinajstić information content (AvgIpc) is 3.00. The first kappa shape index (κ1) is 22.7. The third kappa shape index (κ3) is 6.01. The fourth-order valence-electron chi connectivity index (χ4n) is 2.53. The number of ether oxygens (including phenoxy) is 1. The van der Waals surface area contributed by atoms with E-state index in [1.165, 1.54) is 12.1 Å². The molecule has 0 amide bonds. The summed E-state index contributed by atoms with van der Waals surface area (Å²) in [6.07, 6.45) is 0.827. The molecule has 2 aromatic carbocycles. The number of aromatic nitrogens is 1. The van der Waals surface area contributed by atoms with Gasteiger partial charge in [-0.3, -0.25) is 9.78 Å². The van der Waals surface area contributed by atoms with E-state index in [1.807, 2.05) is 0 Å². The number of alkyl halides is 3. The Balaban J connectivity index is 1.50. The Morgan fingerprint density at radius 2 is 1.55 bits per heavy atom.